The van der Waals surface area contributed by atoms with Crippen molar-refractivity contribution in [3.8, 4) is 0 Å². The van der Waals surface area contributed by atoms with Crippen molar-refractivity contribution in [2.45, 2.75) is 25.8 Å². The molecule has 1 saturated heterocycles. The van der Waals surface area contributed by atoms with Gasteiger partial charge in [-0.2, -0.15) is 0 Å². The topological polar surface area (TPSA) is 59.7 Å². The largest absolute Gasteiger partial charge is 0.341 e. The zero-order valence-corrected chi connectivity index (χ0v) is 10.4. The van der Waals surface area contributed by atoms with Crippen molar-refractivity contribution in [2.75, 3.05) is 18.0 Å². The first-order chi connectivity index (χ1) is 8.83. The van der Waals surface area contributed by atoms with E-state index >= 15 is 0 Å². The summed E-state index contributed by atoms with van der Waals surface area (Å²) in [6, 6.07) is 0.453. The molecule has 0 N–H and O–H groups in total. The van der Waals surface area contributed by atoms with Gasteiger partial charge >= 0.3 is 0 Å². The van der Waals surface area contributed by atoms with Crippen LogP contribution in [0.25, 0.3) is 0 Å². The molecule has 0 aromatic carbocycles. The molecule has 0 spiro atoms. The van der Waals surface area contributed by atoms with Crippen LogP contribution in [0.15, 0.2) is 24.8 Å². The first-order valence-electron chi connectivity index (χ1n) is 6.22. The number of aromatic nitrogens is 5. The van der Waals surface area contributed by atoms with Gasteiger partial charge in [-0.3, -0.25) is 0 Å². The highest BCUT2D eigenvalue weighted by molar-refractivity contribution is 5.30. The molecule has 0 aliphatic carbocycles. The number of hydrogen-bond donors (Lipinski definition) is 0. The predicted molar refractivity (Wildman–Crippen MR) is 67.3 cm³/mol. The van der Waals surface area contributed by atoms with Crippen molar-refractivity contribution in [3.05, 3.63) is 30.4 Å². The van der Waals surface area contributed by atoms with Crippen LogP contribution in [0.2, 0.25) is 0 Å². The lowest BCUT2D eigenvalue weighted by Gasteiger charge is -2.31. The highest BCUT2D eigenvalue weighted by Crippen LogP contribution is 2.23. The molecule has 1 aliphatic heterocycles. The highest BCUT2D eigenvalue weighted by atomic mass is 15.4. The Morgan fingerprint density at radius 3 is 2.50 bits per heavy atom. The minimum atomic E-state index is 0.453. The monoisotopic (exact) mass is 244 g/mol. The summed E-state index contributed by atoms with van der Waals surface area (Å²) < 4.78 is 1.95. The molecule has 2 aromatic rings. The SMILES string of the molecule is Cc1cnc(N2CCC(n3ccnn3)CC2)nc1. The summed E-state index contributed by atoms with van der Waals surface area (Å²) in [5, 5.41) is 7.93. The van der Waals surface area contributed by atoms with Crippen molar-refractivity contribution in [1.82, 2.24) is 25.0 Å². The zero-order valence-electron chi connectivity index (χ0n) is 10.4. The van der Waals surface area contributed by atoms with E-state index in [9.17, 15) is 0 Å². The molecule has 0 amide bonds. The molecule has 3 heterocycles. The maximum atomic E-state index is 4.37. The van der Waals surface area contributed by atoms with Crippen molar-refractivity contribution < 1.29 is 0 Å². The maximum absolute atomic E-state index is 4.37. The molecule has 1 fully saturated rings. The van der Waals surface area contributed by atoms with Crippen LogP contribution in [0.4, 0.5) is 5.95 Å². The third kappa shape index (κ3) is 2.18. The zero-order chi connectivity index (χ0) is 12.4. The van der Waals surface area contributed by atoms with Crippen LogP contribution in [0.5, 0.6) is 0 Å². The number of rotatable bonds is 2. The fourth-order valence-corrected chi connectivity index (χ4v) is 2.29. The summed E-state index contributed by atoms with van der Waals surface area (Å²) in [6.45, 7) is 3.93. The fraction of sp³-hybridized carbons (Fsp3) is 0.500. The Balaban J connectivity index is 1.65. The lowest BCUT2D eigenvalue weighted by Crippen LogP contribution is -2.35. The summed E-state index contributed by atoms with van der Waals surface area (Å²) >= 11 is 0. The third-order valence-electron chi connectivity index (χ3n) is 3.33. The van der Waals surface area contributed by atoms with Gasteiger partial charge in [-0.25, -0.2) is 14.6 Å². The van der Waals surface area contributed by atoms with E-state index in [0.29, 0.717) is 6.04 Å². The van der Waals surface area contributed by atoms with Gasteiger partial charge in [0, 0.05) is 31.7 Å². The standard InChI is InChI=1S/C12H16N6/c1-10-8-13-12(14-9-10)17-5-2-11(3-6-17)18-7-4-15-16-18/h4,7-9,11H,2-3,5-6H2,1H3. The molecule has 0 atom stereocenters. The molecule has 0 unspecified atom stereocenters. The van der Waals surface area contributed by atoms with Gasteiger partial charge in [-0.05, 0) is 25.3 Å². The molecular formula is C12H16N6. The van der Waals surface area contributed by atoms with Crippen LogP contribution >= 0.6 is 0 Å². The minimum absolute atomic E-state index is 0.453. The van der Waals surface area contributed by atoms with E-state index in [4.69, 9.17) is 0 Å². The average Bonchev–Trinajstić information content (AvgIpc) is 2.94. The second-order valence-corrected chi connectivity index (χ2v) is 4.66. The van der Waals surface area contributed by atoms with Gasteiger partial charge in [0.15, 0.2) is 0 Å². The lowest BCUT2D eigenvalue weighted by atomic mass is 10.1. The van der Waals surface area contributed by atoms with Gasteiger partial charge in [0.1, 0.15) is 0 Å². The molecule has 0 saturated carbocycles. The lowest BCUT2D eigenvalue weighted by molar-refractivity contribution is 0.358. The third-order valence-corrected chi connectivity index (χ3v) is 3.33. The minimum Gasteiger partial charge on any atom is -0.341 e. The van der Waals surface area contributed by atoms with Crippen molar-refractivity contribution in [2.24, 2.45) is 0 Å². The van der Waals surface area contributed by atoms with E-state index in [1.54, 1.807) is 6.20 Å². The number of nitrogens with zero attached hydrogens (tertiary/aromatic N) is 6. The second kappa shape index (κ2) is 4.72. The molecule has 6 nitrogen and oxygen atoms in total. The van der Waals surface area contributed by atoms with Gasteiger partial charge in [-0.15, -0.1) is 5.10 Å². The molecule has 3 rings (SSSR count). The Labute approximate surface area is 106 Å². The van der Waals surface area contributed by atoms with Crippen molar-refractivity contribution >= 4 is 5.95 Å². The Morgan fingerprint density at radius 2 is 1.89 bits per heavy atom. The summed E-state index contributed by atoms with van der Waals surface area (Å²) in [4.78, 5) is 11.0. The number of aryl methyl sites for hydroxylation is 1. The van der Waals surface area contributed by atoms with Gasteiger partial charge < -0.3 is 4.90 Å². The molecular weight excluding hydrogens is 228 g/mol. The normalized spacial score (nSPS) is 17.1. The molecule has 94 valence electrons. The quantitative estimate of drug-likeness (QED) is 0.795. The fourth-order valence-electron chi connectivity index (χ4n) is 2.29. The summed E-state index contributed by atoms with van der Waals surface area (Å²) in [6.07, 6.45) is 9.51. The second-order valence-electron chi connectivity index (χ2n) is 4.66. The van der Waals surface area contributed by atoms with E-state index in [2.05, 4.69) is 25.2 Å². The van der Waals surface area contributed by atoms with Crippen molar-refractivity contribution in [1.29, 1.82) is 0 Å². The van der Waals surface area contributed by atoms with Gasteiger partial charge in [0.25, 0.3) is 0 Å². The van der Waals surface area contributed by atoms with Crippen LogP contribution in [0, 0.1) is 6.92 Å². The van der Waals surface area contributed by atoms with Crippen LogP contribution < -0.4 is 4.90 Å². The van der Waals surface area contributed by atoms with E-state index < -0.39 is 0 Å². The van der Waals surface area contributed by atoms with E-state index in [0.717, 1.165) is 37.4 Å². The molecule has 6 heteroatoms. The Bertz CT molecular complexity index is 484. The van der Waals surface area contributed by atoms with Gasteiger partial charge in [-0.1, -0.05) is 5.21 Å². The van der Waals surface area contributed by atoms with Gasteiger partial charge in [0.2, 0.25) is 5.95 Å². The predicted octanol–water partition coefficient (Wildman–Crippen LogP) is 1.22. The van der Waals surface area contributed by atoms with Crippen LogP contribution in [0.3, 0.4) is 0 Å². The van der Waals surface area contributed by atoms with Gasteiger partial charge in [0.05, 0.1) is 12.2 Å². The molecule has 0 radical (unpaired) electrons. The van der Waals surface area contributed by atoms with E-state index in [-0.39, 0.29) is 0 Å². The smallest absolute Gasteiger partial charge is 0.225 e. The molecule has 18 heavy (non-hydrogen) atoms. The number of piperidine rings is 1. The highest BCUT2D eigenvalue weighted by Gasteiger charge is 2.22. The van der Waals surface area contributed by atoms with Crippen LogP contribution in [-0.2, 0) is 0 Å². The average molecular weight is 244 g/mol. The number of anilines is 1. The van der Waals surface area contributed by atoms with E-state index in [1.807, 2.05) is 30.2 Å². The Kier molecular flexibility index (Phi) is 2.92. The molecule has 0 bridgehead atoms. The van der Waals surface area contributed by atoms with Crippen LogP contribution in [0.1, 0.15) is 24.4 Å². The number of hydrogen-bond acceptors (Lipinski definition) is 5. The Morgan fingerprint density at radius 1 is 1.17 bits per heavy atom. The first-order valence-corrected chi connectivity index (χ1v) is 6.22. The molecule has 1 aliphatic rings. The Hall–Kier alpha value is -1.98. The van der Waals surface area contributed by atoms with Crippen LogP contribution in [-0.4, -0.2) is 38.1 Å². The van der Waals surface area contributed by atoms with E-state index in [1.165, 1.54) is 0 Å². The summed E-state index contributed by atoms with van der Waals surface area (Å²) in [7, 11) is 0. The summed E-state index contributed by atoms with van der Waals surface area (Å²) in [5.41, 5.74) is 1.09. The first kappa shape index (κ1) is 11.1. The van der Waals surface area contributed by atoms with Crippen molar-refractivity contribution in [3.63, 3.8) is 0 Å². The summed E-state index contributed by atoms with van der Waals surface area (Å²) in [5.74, 6) is 0.831. The maximum Gasteiger partial charge on any atom is 0.225 e. The molecule has 2 aromatic heterocycles.